The van der Waals surface area contributed by atoms with E-state index in [1.54, 1.807) is 7.11 Å². The monoisotopic (exact) mass is 204 g/mol. The molecule has 0 aromatic carbocycles. The van der Waals surface area contributed by atoms with Crippen molar-refractivity contribution in [2.24, 2.45) is 5.41 Å². The second-order valence-electron chi connectivity index (χ2n) is 3.56. The van der Waals surface area contributed by atoms with Crippen molar-refractivity contribution in [1.29, 1.82) is 0 Å². The third-order valence-electron chi connectivity index (χ3n) is 2.43. The van der Waals surface area contributed by atoms with Gasteiger partial charge in [0.15, 0.2) is 0 Å². The molecule has 0 unspecified atom stereocenters. The van der Waals surface area contributed by atoms with Crippen LogP contribution in [0.5, 0.6) is 0 Å². The van der Waals surface area contributed by atoms with Crippen molar-refractivity contribution >= 4 is 0 Å². The van der Waals surface area contributed by atoms with E-state index >= 15 is 0 Å². The molecule has 0 bridgehead atoms. The Bertz CT molecular complexity index is 118. The molecule has 3 nitrogen and oxygen atoms in total. The average molecular weight is 204 g/mol. The topological polar surface area (TPSA) is 27.7 Å². The first-order chi connectivity index (χ1) is 6.74. The Kier molecular flexibility index (Phi) is 8.14. The summed E-state index contributed by atoms with van der Waals surface area (Å²) in [5, 5.41) is 0. The molecule has 0 saturated heterocycles. The quantitative estimate of drug-likeness (QED) is 0.575. The van der Waals surface area contributed by atoms with Gasteiger partial charge in [-0.05, 0) is 20.3 Å². The average Bonchev–Trinajstić information content (AvgIpc) is 2.22. The smallest absolute Gasteiger partial charge is 0.0566 e. The normalized spacial score (nSPS) is 12.0. The Hall–Kier alpha value is -0.120. The molecule has 0 heterocycles. The fourth-order valence-electron chi connectivity index (χ4n) is 1.37. The van der Waals surface area contributed by atoms with Crippen molar-refractivity contribution in [2.45, 2.75) is 27.2 Å². The van der Waals surface area contributed by atoms with Crippen LogP contribution in [0.15, 0.2) is 0 Å². The lowest BCUT2D eigenvalue weighted by Gasteiger charge is -2.31. The number of rotatable bonds is 9. The van der Waals surface area contributed by atoms with Crippen molar-refractivity contribution in [1.82, 2.24) is 0 Å². The van der Waals surface area contributed by atoms with Gasteiger partial charge >= 0.3 is 0 Å². The van der Waals surface area contributed by atoms with Crippen LogP contribution in [0.2, 0.25) is 0 Å². The Morgan fingerprint density at radius 1 is 0.857 bits per heavy atom. The van der Waals surface area contributed by atoms with Gasteiger partial charge in [0.2, 0.25) is 0 Å². The van der Waals surface area contributed by atoms with Gasteiger partial charge in [-0.1, -0.05) is 6.92 Å². The maximum absolute atomic E-state index is 5.48. The molecule has 0 aromatic heterocycles. The zero-order valence-corrected chi connectivity index (χ0v) is 9.97. The van der Waals surface area contributed by atoms with Crippen LogP contribution < -0.4 is 0 Å². The van der Waals surface area contributed by atoms with E-state index in [9.17, 15) is 0 Å². The summed E-state index contributed by atoms with van der Waals surface area (Å²) in [7, 11) is 1.72. The lowest BCUT2D eigenvalue weighted by Crippen LogP contribution is -2.36. The molecule has 0 fully saturated rings. The van der Waals surface area contributed by atoms with Crippen LogP contribution >= 0.6 is 0 Å². The fourth-order valence-corrected chi connectivity index (χ4v) is 1.37. The molecular formula is C11H24O3. The first-order valence-electron chi connectivity index (χ1n) is 5.39. The van der Waals surface area contributed by atoms with Crippen LogP contribution in [0.3, 0.4) is 0 Å². The predicted molar refractivity (Wildman–Crippen MR) is 57.6 cm³/mol. The van der Waals surface area contributed by atoms with Crippen molar-refractivity contribution in [3.63, 3.8) is 0 Å². The first-order valence-corrected chi connectivity index (χ1v) is 5.39. The van der Waals surface area contributed by atoms with Crippen LogP contribution in [0.4, 0.5) is 0 Å². The van der Waals surface area contributed by atoms with Gasteiger partial charge < -0.3 is 14.2 Å². The second-order valence-corrected chi connectivity index (χ2v) is 3.56. The van der Waals surface area contributed by atoms with Crippen molar-refractivity contribution in [2.75, 3.05) is 40.1 Å². The number of ether oxygens (including phenoxy) is 3. The molecule has 0 aromatic rings. The summed E-state index contributed by atoms with van der Waals surface area (Å²) in [4.78, 5) is 0. The van der Waals surface area contributed by atoms with E-state index < -0.39 is 0 Å². The lowest BCUT2D eigenvalue weighted by atomic mass is 9.88. The molecule has 0 radical (unpaired) electrons. The Morgan fingerprint density at radius 2 is 1.36 bits per heavy atom. The minimum Gasteiger partial charge on any atom is -0.384 e. The summed E-state index contributed by atoms with van der Waals surface area (Å²) in [5.41, 5.74) is 0.0285. The molecule has 0 N–H and O–H groups in total. The highest BCUT2D eigenvalue weighted by molar-refractivity contribution is 4.77. The van der Waals surface area contributed by atoms with Gasteiger partial charge in [-0.3, -0.25) is 0 Å². The number of hydrogen-bond donors (Lipinski definition) is 0. The largest absolute Gasteiger partial charge is 0.384 e. The van der Waals surface area contributed by atoms with E-state index in [4.69, 9.17) is 14.2 Å². The van der Waals surface area contributed by atoms with Crippen LogP contribution in [0, 0.1) is 5.41 Å². The van der Waals surface area contributed by atoms with Crippen molar-refractivity contribution < 1.29 is 14.2 Å². The highest BCUT2D eigenvalue weighted by Gasteiger charge is 2.28. The molecule has 0 aliphatic carbocycles. The molecule has 0 aliphatic heterocycles. The molecule has 0 aliphatic rings. The minimum atomic E-state index is 0.0285. The zero-order valence-electron chi connectivity index (χ0n) is 9.97. The molecular weight excluding hydrogens is 180 g/mol. The fraction of sp³-hybridized carbons (Fsp3) is 1.00. The summed E-state index contributed by atoms with van der Waals surface area (Å²) in [6, 6.07) is 0. The van der Waals surface area contributed by atoms with E-state index in [1.165, 1.54) is 0 Å². The summed E-state index contributed by atoms with van der Waals surface area (Å²) >= 11 is 0. The van der Waals surface area contributed by atoms with Crippen molar-refractivity contribution in [3.05, 3.63) is 0 Å². The second kappa shape index (κ2) is 8.21. The Morgan fingerprint density at radius 3 is 1.64 bits per heavy atom. The lowest BCUT2D eigenvalue weighted by molar-refractivity contribution is -0.0582. The summed E-state index contributed by atoms with van der Waals surface area (Å²) < 4.78 is 16.2. The third kappa shape index (κ3) is 4.94. The minimum absolute atomic E-state index is 0.0285. The predicted octanol–water partition coefficient (Wildman–Crippen LogP) is 2.10. The summed E-state index contributed by atoms with van der Waals surface area (Å²) in [6.45, 7) is 9.79. The van der Waals surface area contributed by atoms with Crippen molar-refractivity contribution in [3.8, 4) is 0 Å². The zero-order chi connectivity index (χ0) is 10.9. The highest BCUT2D eigenvalue weighted by atomic mass is 16.5. The van der Waals surface area contributed by atoms with Crippen LogP contribution in [0.1, 0.15) is 27.2 Å². The van der Waals surface area contributed by atoms with Gasteiger partial charge in [-0.25, -0.2) is 0 Å². The maximum Gasteiger partial charge on any atom is 0.0566 e. The summed E-state index contributed by atoms with van der Waals surface area (Å²) in [5.74, 6) is 0. The SMILES string of the molecule is CCOCC(CC)(COC)COCC. The van der Waals surface area contributed by atoms with Gasteiger partial charge in [-0.2, -0.15) is 0 Å². The Labute approximate surface area is 87.7 Å². The number of hydrogen-bond acceptors (Lipinski definition) is 3. The molecule has 0 amide bonds. The van der Waals surface area contributed by atoms with Gasteiger partial charge in [0.1, 0.15) is 0 Å². The van der Waals surface area contributed by atoms with Crippen LogP contribution in [0.25, 0.3) is 0 Å². The first kappa shape index (κ1) is 13.9. The molecule has 86 valence electrons. The van der Waals surface area contributed by atoms with E-state index in [0.717, 1.165) is 19.6 Å². The van der Waals surface area contributed by atoms with Gasteiger partial charge in [0, 0.05) is 25.7 Å². The van der Waals surface area contributed by atoms with Crippen LogP contribution in [-0.2, 0) is 14.2 Å². The third-order valence-corrected chi connectivity index (χ3v) is 2.43. The van der Waals surface area contributed by atoms with Gasteiger partial charge in [-0.15, -0.1) is 0 Å². The van der Waals surface area contributed by atoms with E-state index in [-0.39, 0.29) is 5.41 Å². The van der Waals surface area contributed by atoms with Crippen LogP contribution in [-0.4, -0.2) is 40.1 Å². The molecule has 0 spiro atoms. The Balaban J connectivity index is 4.11. The molecule has 0 atom stereocenters. The van der Waals surface area contributed by atoms with Gasteiger partial charge in [0.05, 0.1) is 19.8 Å². The highest BCUT2D eigenvalue weighted by Crippen LogP contribution is 2.23. The maximum atomic E-state index is 5.48. The van der Waals surface area contributed by atoms with E-state index in [1.807, 2.05) is 13.8 Å². The van der Waals surface area contributed by atoms with Gasteiger partial charge in [0.25, 0.3) is 0 Å². The standard InChI is InChI=1S/C11H24O3/c1-5-11(8-12-4,9-13-6-2)10-14-7-3/h5-10H2,1-4H3. The summed E-state index contributed by atoms with van der Waals surface area (Å²) in [6.07, 6.45) is 1.01. The molecule has 0 saturated carbocycles. The van der Waals surface area contributed by atoms with E-state index in [0.29, 0.717) is 19.8 Å². The van der Waals surface area contributed by atoms with E-state index in [2.05, 4.69) is 6.92 Å². The number of methoxy groups -OCH3 is 1. The molecule has 0 rings (SSSR count). The molecule has 14 heavy (non-hydrogen) atoms. The molecule has 3 heteroatoms.